The third kappa shape index (κ3) is 6.19. The van der Waals surface area contributed by atoms with Gasteiger partial charge in [0.25, 0.3) is 0 Å². The molecule has 0 aromatic heterocycles. The Labute approximate surface area is 119 Å². The minimum absolute atomic E-state index is 0.746. The number of azo groups is 1. The van der Waals surface area contributed by atoms with Crippen molar-refractivity contribution >= 4 is 28.4 Å². The number of aryl methyl sites for hydroxylation is 1. The van der Waals surface area contributed by atoms with Crippen molar-refractivity contribution in [1.29, 1.82) is 0 Å². The standard InChI is InChI=1S/C13H13N3.H2O3S/c1-10-9-11(14)7-8-13(10)16-15-12-5-3-2-4-6-12;1-4(2)3/h2-9H,14H2,1H3;(H2,1,2,3)/p-1. The molecule has 0 amide bonds. The van der Waals surface area contributed by atoms with Crippen molar-refractivity contribution in [3.63, 3.8) is 0 Å². The third-order valence-electron chi connectivity index (χ3n) is 2.25. The first kappa shape index (κ1) is 16.0. The van der Waals surface area contributed by atoms with Crippen LogP contribution in [0.4, 0.5) is 17.1 Å². The minimum Gasteiger partial charge on any atom is -0.750 e. The van der Waals surface area contributed by atoms with Crippen molar-refractivity contribution in [1.82, 2.24) is 0 Å². The van der Waals surface area contributed by atoms with Crippen molar-refractivity contribution in [3.8, 4) is 0 Å². The molecule has 1 unspecified atom stereocenters. The van der Waals surface area contributed by atoms with Gasteiger partial charge in [-0.25, -0.2) is 4.21 Å². The Morgan fingerprint density at radius 3 is 2.30 bits per heavy atom. The molecule has 0 aliphatic rings. The Hall–Kier alpha value is -2.09. The van der Waals surface area contributed by atoms with E-state index in [1.54, 1.807) is 0 Å². The molecule has 3 N–H and O–H groups in total. The quantitative estimate of drug-likeness (QED) is 0.502. The lowest BCUT2D eigenvalue weighted by molar-refractivity contribution is 0.436. The van der Waals surface area contributed by atoms with Crippen LogP contribution in [0.15, 0.2) is 58.8 Å². The van der Waals surface area contributed by atoms with Crippen molar-refractivity contribution in [2.24, 2.45) is 10.2 Å². The van der Waals surface area contributed by atoms with Crippen LogP contribution in [0.25, 0.3) is 0 Å². The molecule has 0 heterocycles. The zero-order valence-corrected chi connectivity index (χ0v) is 11.6. The number of nitrogens with zero attached hydrogens (tertiary/aromatic N) is 2. The first-order valence-electron chi connectivity index (χ1n) is 5.60. The summed E-state index contributed by atoms with van der Waals surface area (Å²) in [5, 5.41) is 8.34. The summed E-state index contributed by atoms with van der Waals surface area (Å²) < 4.78 is 24.1. The van der Waals surface area contributed by atoms with E-state index >= 15 is 0 Å². The lowest BCUT2D eigenvalue weighted by Crippen LogP contribution is -1.84. The van der Waals surface area contributed by atoms with Crippen LogP contribution in [0.1, 0.15) is 5.56 Å². The molecule has 0 saturated heterocycles. The zero-order chi connectivity index (χ0) is 15.0. The molecule has 0 saturated carbocycles. The Kier molecular flexibility index (Phi) is 6.51. The monoisotopic (exact) mass is 292 g/mol. The van der Waals surface area contributed by atoms with E-state index < -0.39 is 11.4 Å². The average molecular weight is 292 g/mol. The fraction of sp³-hybridized carbons (Fsp3) is 0.0769. The van der Waals surface area contributed by atoms with Crippen LogP contribution in [0.3, 0.4) is 0 Å². The topological polar surface area (TPSA) is 111 Å². The molecule has 7 heteroatoms. The lowest BCUT2D eigenvalue weighted by atomic mass is 10.2. The van der Waals surface area contributed by atoms with E-state index in [0.717, 1.165) is 22.6 Å². The van der Waals surface area contributed by atoms with Gasteiger partial charge in [-0.05, 0) is 42.8 Å². The van der Waals surface area contributed by atoms with Crippen LogP contribution in [-0.4, -0.2) is 13.3 Å². The number of anilines is 1. The van der Waals surface area contributed by atoms with Gasteiger partial charge in [0.1, 0.15) is 0 Å². The number of nitrogen functional groups attached to an aromatic ring is 1. The summed E-state index contributed by atoms with van der Waals surface area (Å²) in [5.41, 5.74) is 9.13. The third-order valence-corrected chi connectivity index (χ3v) is 2.25. The van der Waals surface area contributed by atoms with Gasteiger partial charge in [0, 0.05) is 5.69 Å². The molecule has 0 aliphatic carbocycles. The molecule has 2 aromatic carbocycles. The summed E-state index contributed by atoms with van der Waals surface area (Å²) in [7, 11) is 0. The van der Waals surface area contributed by atoms with Crippen LogP contribution in [0.2, 0.25) is 0 Å². The van der Waals surface area contributed by atoms with Gasteiger partial charge in [-0.3, -0.25) is 0 Å². The summed E-state index contributed by atoms with van der Waals surface area (Å²) in [6.07, 6.45) is 0. The highest BCUT2D eigenvalue weighted by atomic mass is 32.2. The fourth-order valence-electron chi connectivity index (χ4n) is 1.40. The molecule has 0 radical (unpaired) electrons. The number of hydrogen-bond acceptors (Lipinski definition) is 5. The summed E-state index contributed by atoms with van der Waals surface area (Å²) in [4.78, 5) is 0. The maximum Gasteiger partial charge on any atom is 0.0887 e. The Balaban J connectivity index is 0.000000444. The number of hydrogen-bond donors (Lipinski definition) is 2. The highest BCUT2D eigenvalue weighted by molar-refractivity contribution is 7.73. The van der Waals surface area contributed by atoms with Crippen LogP contribution in [0.5, 0.6) is 0 Å². The van der Waals surface area contributed by atoms with Gasteiger partial charge in [0.2, 0.25) is 0 Å². The van der Waals surface area contributed by atoms with E-state index in [2.05, 4.69) is 10.2 Å². The van der Waals surface area contributed by atoms with Gasteiger partial charge in [-0.15, -0.1) is 0 Å². The summed E-state index contributed by atoms with van der Waals surface area (Å²) >= 11 is -2.86. The molecular weight excluding hydrogens is 278 g/mol. The predicted octanol–water partition coefficient (Wildman–Crippen LogP) is 3.33. The molecule has 0 spiro atoms. The van der Waals surface area contributed by atoms with E-state index in [1.165, 1.54) is 0 Å². The van der Waals surface area contributed by atoms with Gasteiger partial charge in [0.15, 0.2) is 0 Å². The van der Waals surface area contributed by atoms with Crippen molar-refractivity contribution in [2.75, 3.05) is 5.73 Å². The SMILES string of the molecule is Cc1cc(N)ccc1N=Nc1ccccc1.O=S([O-])O. The Bertz CT molecular complexity index is 599. The summed E-state index contributed by atoms with van der Waals surface area (Å²) in [6.45, 7) is 1.97. The van der Waals surface area contributed by atoms with Crippen LogP contribution in [-0.2, 0) is 11.4 Å². The van der Waals surface area contributed by atoms with E-state index in [9.17, 15) is 0 Å². The molecule has 1 atom stereocenters. The Morgan fingerprint density at radius 1 is 1.15 bits per heavy atom. The smallest absolute Gasteiger partial charge is 0.0887 e. The van der Waals surface area contributed by atoms with Crippen LogP contribution >= 0.6 is 0 Å². The first-order chi connectivity index (χ1) is 9.49. The molecule has 6 nitrogen and oxygen atoms in total. The molecule has 106 valence electrons. The van der Waals surface area contributed by atoms with E-state index in [0.29, 0.717) is 0 Å². The predicted molar refractivity (Wildman–Crippen MR) is 77.8 cm³/mol. The van der Waals surface area contributed by atoms with Crippen molar-refractivity contribution < 1.29 is 13.3 Å². The van der Waals surface area contributed by atoms with Gasteiger partial charge in [0.05, 0.1) is 22.7 Å². The minimum atomic E-state index is -2.86. The number of benzene rings is 2. The normalized spacial score (nSPS) is 11.8. The Morgan fingerprint density at radius 2 is 1.75 bits per heavy atom. The summed E-state index contributed by atoms with van der Waals surface area (Å²) in [6, 6.07) is 15.2. The van der Waals surface area contributed by atoms with Crippen molar-refractivity contribution in [2.45, 2.75) is 6.92 Å². The van der Waals surface area contributed by atoms with Gasteiger partial charge in [-0.2, -0.15) is 10.2 Å². The second-order valence-electron chi connectivity index (χ2n) is 3.80. The highest BCUT2D eigenvalue weighted by Gasteiger charge is 1.96. The molecule has 0 fully saturated rings. The maximum atomic E-state index is 8.56. The second kappa shape index (κ2) is 8.16. The van der Waals surface area contributed by atoms with Gasteiger partial charge >= 0.3 is 0 Å². The summed E-state index contributed by atoms with van der Waals surface area (Å²) in [5.74, 6) is 0. The molecule has 2 rings (SSSR count). The first-order valence-corrected chi connectivity index (χ1v) is 6.63. The molecule has 0 bridgehead atoms. The molecule has 2 aromatic rings. The molecule has 20 heavy (non-hydrogen) atoms. The van der Waals surface area contributed by atoms with Crippen LogP contribution in [0, 0.1) is 6.92 Å². The van der Waals surface area contributed by atoms with Crippen molar-refractivity contribution in [3.05, 3.63) is 54.1 Å². The van der Waals surface area contributed by atoms with E-state index in [-0.39, 0.29) is 0 Å². The lowest BCUT2D eigenvalue weighted by Gasteiger charge is -1.99. The second-order valence-corrected chi connectivity index (χ2v) is 4.23. The average Bonchev–Trinajstić information content (AvgIpc) is 2.38. The largest absolute Gasteiger partial charge is 0.750 e. The van der Waals surface area contributed by atoms with E-state index in [4.69, 9.17) is 19.0 Å². The van der Waals surface area contributed by atoms with Crippen LogP contribution < -0.4 is 5.73 Å². The molecular formula is C13H14N3O3S-. The molecule has 0 aliphatic heterocycles. The van der Waals surface area contributed by atoms with E-state index in [1.807, 2.05) is 55.5 Å². The van der Waals surface area contributed by atoms with Gasteiger partial charge < -0.3 is 14.8 Å². The number of nitrogens with two attached hydrogens (primary N) is 1. The fourth-order valence-corrected chi connectivity index (χ4v) is 1.40. The van der Waals surface area contributed by atoms with Gasteiger partial charge in [-0.1, -0.05) is 18.2 Å². The highest BCUT2D eigenvalue weighted by Crippen LogP contribution is 2.23. The maximum absolute atomic E-state index is 8.56. The zero-order valence-electron chi connectivity index (χ0n) is 10.8. The number of rotatable bonds is 2.